The average Bonchev–Trinajstić information content (AvgIpc) is 2.24. The lowest BCUT2D eigenvalue weighted by atomic mass is 10.1. The van der Waals surface area contributed by atoms with E-state index < -0.39 is 17.7 Å². The number of nitrogens with two attached hydrogens (primary N) is 1. The maximum Gasteiger partial charge on any atom is 0.338 e. The highest BCUT2D eigenvalue weighted by Crippen LogP contribution is 2.12. The Hall–Kier alpha value is -1.39. The molecule has 4 nitrogen and oxygen atoms in total. The second-order valence-corrected chi connectivity index (χ2v) is 4.85. The highest BCUT2D eigenvalue weighted by Gasteiger charge is 2.25. The summed E-state index contributed by atoms with van der Waals surface area (Å²) in [6.07, 6.45) is -0.358. The van der Waals surface area contributed by atoms with E-state index in [1.54, 1.807) is 20.8 Å². The van der Waals surface area contributed by atoms with Gasteiger partial charge in [0.05, 0.1) is 0 Å². The molecule has 0 spiro atoms. The molecule has 0 aliphatic rings. The van der Waals surface area contributed by atoms with E-state index in [2.05, 4.69) is 4.84 Å². The molecule has 0 amide bonds. The van der Waals surface area contributed by atoms with E-state index in [1.165, 1.54) is 0 Å². The van der Waals surface area contributed by atoms with Crippen molar-refractivity contribution in [1.29, 1.82) is 0 Å². The average molecular weight is 237 g/mol. The van der Waals surface area contributed by atoms with Gasteiger partial charge in [0.25, 0.3) is 0 Å². The number of hydrogen-bond donors (Lipinski definition) is 1. The van der Waals surface area contributed by atoms with Crippen molar-refractivity contribution in [1.82, 2.24) is 0 Å². The monoisotopic (exact) mass is 237 g/mol. The largest absolute Gasteiger partial charge is 0.458 e. The van der Waals surface area contributed by atoms with Crippen molar-refractivity contribution in [3.05, 3.63) is 35.9 Å². The van der Waals surface area contributed by atoms with Gasteiger partial charge in [-0.25, -0.2) is 10.7 Å². The molecule has 1 atom stereocenters. The van der Waals surface area contributed by atoms with Gasteiger partial charge >= 0.3 is 5.97 Å². The second kappa shape index (κ2) is 5.80. The molecule has 0 saturated heterocycles. The number of carbonyl (C=O) groups excluding carboxylic acids is 1. The Bertz CT molecular complexity index is 357. The summed E-state index contributed by atoms with van der Waals surface area (Å²) in [5, 5.41) is 0. The predicted molar refractivity (Wildman–Crippen MR) is 65.1 cm³/mol. The molecular weight excluding hydrogens is 218 g/mol. The van der Waals surface area contributed by atoms with Crippen LogP contribution in [-0.4, -0.2) is 17.7 Å². The molecule has 0 aliphatic heterocycles. The Morgan fingerprint density at radius 2 is 1.88 bits per heavy atom. The lowest BCUT2D eigenvalue weighted by molar-refractivity contribution is -0.168. The van der Waals surface area contributed by atoms with Crippen LogP contribution in [0.1, 0.15) is 26.3 Å². The lowest BCUT2D eigenvalue weighted by Gasteiger charge is -2.22. The lowest BCUT2D eigenvalue weighted by Crippen LogP contribution is -2.36. The molecule has 1 rings (SSSR count). The van der Waals surface area contributed by atoms with E-state index >= 15 is 0 Å². The van der Waals surface area contributed by atoms with Crippen molar-refractivity contribution in [2.45, 2.75) is 38.9 Å². The maximum absolute atomic E-state index is 11.8. The summed E-state index contributed by atoms with van der Waals surface area (Å²) in [6, 6.07) is 9.54. The minimum Gasteiger partial charge on any atom is -0.458 e. The van der Waals surface area contributed by atoms with Crippen LogP contribution in [0, 0.1) is 0 Å². The van der Waals surface area contributed by atoms with Gasteiger partial charge in [-0.1, -0.05) is 30.3 Å². The molecule has 0 fully saturated rings. The van der Waals surface area contributed by atoms with E-state index in [0.717, 1.165) is 5.56 Å². The molecule has 0 aromatic heterocycles. The normalized spacial score (nSPS) is 13.2. The Labute approximate surface area is 102 Å². The van der Waals surface area contributed by atoms with Crippen molar-refractivity contribution in [2.24, 2.45) is 5.90 Å². The fourth-order valence-electron chi connectivity index (χ4n) is 1.38. The van der Waals surface area contributed by atoms with Crippen LogP contribution in [0.2, 0.25) is 0 Å². The minimum absolute atomic E-state index is 0.409. The number of carbonyl (C=O) groups is 1. The van der Waals surface area contributed by atoms with E-state index in [-0.39, 0.29) is 0 Å². The van der Waals surface area contributed by atoms with Gasteiger partial charge in [0.1, 0.15) is 5.60 Å². The van der Waals surface area contributed by atoms with Gasteiger partial charge in [-0.15, -0.1) is 0 Å². The quantitative estimate of drug-likeness (QED) is 0.641. The first-order valence-corrected chi connectivity index (χ1v) is 5.54. The smallest absolute Gasteiger partial charge is 0.338 e. The molecule has 0 bridgehead atoms. The van der Waals surface area contributed by atoms with Crippen molar-refractivity contribution >= 4 is 5.97 Å². The predicted octanol–water partition coefficient (Wildman–Crippen LogP) is 1.83. The van der Waals surface area contributed by atoms with Crippen LogP contribution in [0.25, 0.3) is 0 Å². The number of rotatable bonds is 4. The second-order valence-electron chi connectivity index (χ2n) is 4.85. The molecule has 0 radical (unpaired) electrons. The summed E-state index contributed by atoms with van der Waals surface area (Å²) in [4.78, 5) is 16.5. The van der Waals surface area contributed by atoms with Crippen LogP contribution in [0.4, 0.5) is 0 Å². The van der Waals surface area contributed by atoms with Crippen LogP contribution in [0.3, 0.4) is 0 Å². The van der Waals surface area contributed by atoms with Crippen molar-refractivity contribution in [3.8, 4) is 0 Å². The highest BCUT2D eigenvalue weighted by atomic mass is 16.7. The van der Waals surface area contributed by atoms with Crippen LogP contribution in [0.5, 0.6) is 0 Å². The summed E-state index contributed by atoms with van der Waals surface area (Å²) < 4.78 is 5.22. The van der Waals surface area contributed by atoms with E-state index in [4.69, 9.17) is 10.6 Å². The fourth-order valence-corrected chi connectivity index (χ4v) is 1.38. The van der Waals surface area contributed by atoms with Gasteiger partial charge in [-0.05, 0) is 26.3 Å². The van der Waals surface area contributed by atoms with Gasteiger partial charge < -0.3 is 4.74 Å². The Balaban J connectivity index is 2.63. The molecule has 0 unspecified atom stereocenters. The molecule has 0 heterocycles. The van der Waals surface area contributed by atoms with Crippen molar-refractivity contribution in [3.63, 3.8) is 0 Å². The minimum atomic E-state index is -0.767. The number of ether oxygens (including phenoxy) is 1. The van der Waals surface area contributed by atoms with Crippen LogP contribution in [-0.2, 0) is 20.8 Å². The first-order chi connectivity index (χ1) is 7.92. The molecule has 17 heavy (non-hydrogen) atoms. The summed E-state index contributed by atoms with van der Waals surface area (Å²) in [6.45, 7) is 5.42. The summed E-state index contributed by atoms with van der Waals surface area (Å²) in [7, 11) is 0. The molecule has 4 heteroatoms. The first kappa shape index (κ1) is 13.7. The summed E-state index contributed by atoms with van der Waals surface area (Å²) in [5.74, 6) is 4.70. The van der Waals surface area contributed by atoms with Gasteiger partial charge in [-0.3, -0.25) is 4.84 Å². The van der Waals surface area contributed by atoms with Crippen LogP contribution >= 0.6 is 0 Å². The third-order valence-corrected chi connectivity index (χ3v) is 2.10. The summed E-state index contributed by atoms with van der Waals surface area (Å²) in [5.41, 5.74) is 0.443. The van der Waals surface area contributed by atoms with Crippen molar-refractivity contribution < 1.29 is 14.4 Å². The zero-order valence-electron chi connectivity index (χ0n) is 10.5. The van der Waals surface area contributed by atoms with Gasteiger partial charge in [0.15, 0.2) is 6.10 Å². The standard InChI is InChI=1S/C13H19NO3/c1-13(2,3)16-12(15)11(17-14)9-10-7-5-4-6-8-10/h4-8,11H,9,14H2,1-3H3/t11-/m1/s1. The van der Waals surface area contributed by atoms with E-state index in [1.807, 2.05) is 30.3 Å². The fraction of sp³-hybridized carbons (Fsp3) is 0.462. The van der Waals surface area contributed by atoms with Gasteiger partial charge in [0, 0.05) is 6.42 Å². The van der Waals surface area contributed by atoms with Gasteiger partial charge in [-0.2, -0.15) is 0 Å². The zero-order chi connectivity index (χ0) is 12.9. The number of hydrogen-bond acceptors (Lipinski definition) is 4. The third kappa shape index (κ3) is 4.97. The SMILES string of the molecule is CC(C)(C)OC(=O)[C@@H](Cc1ccccc1)ON. The molecule has 1 aromatic rings. The Morgan fingerprint density at radius 3 is 2.35 bits per heavy atom. The molecule has 0 aliphatic carbocycles. The number of esters is 1. The molecule has 1 aromatic carbocycles. The molecule has 94 valence electrons. The highest BCUT2D eigenvalue weighted by molar-refractivity contribution is 5.75. The topological polar surface area (TPSA) is 61.5 Å². The first-order valence-electron chi connectivity index (χ1n) is 5.54. The number of benzene rings is 1. The van der Waals surface area contributed by atoms with Crippen molar-refractivity contribution in [2.75, 3.05) is 0 Å². The van der Waals surface area contributed by atoms with Crippen LogP contribution < -0.4 is 5.90 Å². The van der Waals surface area contributed by atoms with E-state index in [9.17, 15) is 4.79 Å². The molecular formula is C13H19NO3. The Morgan fingerprint density at radius 1 is 1.29 bits per heavy atom. The van der Waals surface area contributed by atoms with E-state index in [0.29, 0.717) is 6.42 Å². The van der Waals surface area contributed by atoms with Crippen LogP contribution in [0.15, 0.2) is 30.3 Å². The molecule has 0 saturated carbocycles. The van der Waals surface area contributed by atoms with Gasteiger partial charge in [0.2, 0.25) is 0 Å². The Kier molecular flexibility index (Phi) is 4.66. The summed E-state index contributed by atoms with van der Waals surface area (Å²) >= 11 is 0. The third-order valence-electron chi connectivity index (χ3n) is 2.10. The zero-order valence-corrected chi connectivity index (χ0v) is 10.5. The molecule has 2 N–H and O–H groups in total. The maximum atomic E-state index is 11.8.